The van der Waals surface area contributed by atoms with Crippen LogP contribution in [0.3, 0.4) is 0 Å². The Morgan fingerprint density at radius 2 is 2.05 bits per heavy atom. The Bertz CT molecular complexity index is 758. The van der Waals surface area contributed by atoms with Crippen molar-refractivity contribution in [1.82, 2.24) is 5.32 Å². The first-order valence-electron chi connectivity index (χ1n) is 6.83. The van der Waals surface area contributed by atoms with Gasteiger partial charge in [0.2, 0.25) is 0 Å². The number of nitrogens with zero attached hydrogens (tertiary/aromatic N) is 1. The quantitative estimate of drug-likeness (QED) is 0.672. The molecule has 0 atom stereocenters. The Balaban J connectivity index is 2.08. The van der Waals surface area contributed by atoms with E-state index in [1.54, 1.807) is 12.1 Å². The molecule has 0 aliphatic carbocycles. The van der Waals surface area contributed by atoms with Crippen molar-refractivity contribution < 1.29 is 9.90 Å². The molecule has 0 aliphatic heterocycles. The van der Waals surface area contributed by atoms with Crippen LogP contribution in [0, 0.1) is 18.3 Å². The average Bonchev–Trinajstić information content (AvgIpc) is 2.50. The normalized spacial score (nSPS) is 10.8. The van der Waals surface area contributed by atoms with Crippen molar-refractivity contribution in [1.29, 1.82) is 5.26 Å². The number of amides is 1. The molecule has 0 heterocycles. The zero-order chi connectivity index (χ0) is 15.9. The number of nitrogens with one attached hydrogen (secondary N) is 1. The maximum absolute atomic E-state index is 12.1. The zero-order valence-corrected chi connectivity index (χ0v) is 12.2. The molecule has 2 aromatic rings. The van der Waals surface area contributed by atoms with E-state index in [-0.39, 0.29) is 11.3 Å². The standard InChI is InChI=1S/C18H16N2O2/c1-13-4-2-6-15(8-13)12-20-18(22)16(11-19)9-14-5-3-7-17(21)10-14/h2-10,21H,12H2,1H3,(H,20,22)/b16-9+. The minimum absolute atomic E-state index is 0.00162. The average molecular weight is 292 g/mol. The lowest BCUT2D eigenvalue weighted by molar-refractivity contribution is -0.117. The van der Waals surface area contributed by atoms with Crippen LogP contribution in [-0.4, -0.2) is 11.0 Å². The predicted octanol–water partition coefficient (Wildman–Crippen LogP) is 2.92. The van der Waals surface area contributed by atoms with E-state index in [1.165, 1.54) is 18.2 Å². The van der Waals surface area contributed by atoms with Crippen molar-refractivity contribution in [3.63, 3.8) is 0 Å². The summed E-state index contributed by atoms with van der Waals surface area (Å²) in [5, 5.41) is 21.2. The summed E-state index contributed by atoms with van der Waals surface area (Å²) in [6, 6.07) is 16.1. The minimum atomic E-state index is -0.438. The van der Waals surface area contributed by atoms with E-state index in [1.807, 2.05) is 37.3 Å². The highest BCUT2D eigenvalue weighted by atomic mass is 16.3. The molecule has 110 valence electrons. The highest BCUT2D eigenvalue weighted by Crippen LogP contribution is 2.14. The number of aryl methyl sites for hydroxylation is 1. The Morgan fingerprint density at radius 1 is 1.27 bits per heavy atom. The second kappa shape index (κ2) is 7.09. The van der Waals surface area contributed by atoms with Gasteiger partial charge in [0.1, 0.15) is 17.4 Å². The van der Waals surface area contributed by atoms with Gasteiger partial charge in [0, 0.05) is 6.54 Å². The number of carbonyl (C=O) groups is 1. The van der Waals surface area contributed by atoms with Gasteiger partial charge in [0.25, 0.3) is 5.91 Å². The summed E-state index contributed by atoms with van der Waals surface area (Å²) in [5.41, 5.74) is 2.69. The van der Waals surface area contributed by atoms with Gasteiger partial charge in [-0.25, -0.2) is 0 Å². The molecule has 0 aromatic heterocycles. The third-order valence-electron chi connectivity index (χ3n) is 3.08. The number of phenolic OH excluding ortho intramolecular Hbond substituents is 1. The lowest BCUT2D eigenvalue weighted by atomic mass is 10.1. The number of nitriles is 1. The van der Waals surface area contributed by atoms with Crippen LogP contribution < -0.4 is 5.32 Å². The molecule has 2 N–H and O–H groups in total. The van der Waals surface area contributed by atoms with Crippen LogP contribution in [0.25, 0.3) is 6.08 Å². The SMILES string of the molecule is Cc1cccc(CNC(=O)/C(C#N)=C/c2cccc(O)c2)c1. The molecule has 0 saturated carbocycles. The number of aromatic hydroxyl groups is 1. The van der Waals surface area contributed by atoms with E-state index in [2.05, 4.69) is 5.32 Å². The van der Waals surface area contributed by atoms with E-state index in [0.29, 0.717) is 12.1 Å². The smallest absolute Gasteiger partial charge is 0.262 e. The molecule has 0 aliphatic rings. The number of rotatable bonds is 4. The van der Waals surface area contributed by atoms with Crippen LogP contribution in [-0.2, 0) is 11.3 Å². The van der Waals surface area contributed by atoms with Gasteiger partial charge in [0.15, 0.2) is 0 Å². The summed E-state index contributed by atoms with van der Waals surface area (Å²) >= 11 is 0. The molecule has 22 heavy (non-hydrogen) atoms. The Hall–Kier alpha value is -3.06. The van der Waals surface area contributed by atoms with Crippen molar-refractivity contribution >= 4 is 12.0 Å². The van der Waals surface area contributed by atoms with Crippen molar-refractivity contribution in [2.45, 2.75) is 13.5 Å². The van der Waals surface area contributed by atoms with Gasteiger partial charge in [-0.1, -0.05) is 42.0 Å². The first kappa shape index (κ1) is 15.3. The van der Waals surface area contributed by atoms with Crippen LogP contribution in [0.1, 0.15) is 16.7 Å². The molecule has 2 rings (SSSR count). The maximum Gasteiger partial charge on any atom is 0.262 e. The van der Waals surface area contributed by atoms with Crippen LogP contribution in [0.15, 0.2) is 54.1 Å². The fraction of sp³-hybridized carbons (Fsp3) is 0.111. The van der Waals surface area contributed by atoms with Crippen molar-refractivity contribution in [3.05, 3.63) is 70.8 Å². The van der Waals surface area contributed by atoms with Gasteiger partial charge >= 0.3 is 0 Å². The molecule has 4 nitrogen and oxygen atoms in total. The number of carbonyl (C=O) groups excluding carboxylic acids is 1. The molecule has 1 amide bonds. The first-order valence-corrected chi connectivity index (χ1v) is 6.83. The van der Waals surface area contributed by atoms with Crippen molar-refractivity contribution in [2.75, 3.05) is 0 Å². The molecule has 0 spiro atoms. The van der Waals surface area contributed by atoms with Gasteiger partial charge in [-0.3, -0.25) is 4.79 Å². The molecule has 2 aromatic carbocycles. The molecule has 0 unspecified atom stereocenters. The highest BCUT2D eigenvalue weighted by molar-refractivity contribution is 6.01. The van der Waals surface area contributed by atoms with Crippen molar-refractivity contribution in [2.24, 2.45) is 0 Å². The Kier molecular flexibility index (Phi) is 4.94. The lowest BCUT2D eigenvalue weighted by Crippen LogP contribution is -2.23. The molecule has 4 heteroatoms. The molecule has 0 bridgehead atoms. The van der Waals surface area contributed by atoms with Gasteiger partial charge in [-0.2, -0.15) is 5.26 Å². The maximum atomic E-state index is 12.1. The second-order valence-electron chi connectivity index (χ2n) is 4.94. The summed E-state index contributed by atoms with van der Waals surface area (Å²) < 4.78 is 0. The lowest BCUT2D eigenvalue weighted by Gasteiger charge is -2.05. The summed E-state index contributed by atoms with van der Waals surface area (Å²) in [4.78, 5) is 12.1. The Morgan fingerprint density at radius 3 is 2.73 bits per heavy atom. The molecular formula is C18H16N2O2. The van der Waals surface area contributed by atoms with E-state index in [4.69, 9.17) is 5.26 Å². The fourth-order valence-corrected chi connectivity index (χ4v) is 2.03. The molecule has 0 fully saturated rings. The van der Waals surface area contributed by atoms with Crippen LogP contribution in [0.5, 0.6) is 5.75 Å². The number of hydrogen-bond acceptors (Lipinski definition) is 3. The first-order chi connectivity index (χ1) is 10.6. The number of benzene rings is 2. The number of phenols is 1. The predicted molar refractivity (Wildman–Crippen MR) is 84.7 cm³/mol. The number of hydrogen-bond donors (Lipinski definition) is 2. The van der Waals surface area contributed by atoms with Crippen molar-refractivity contribution in [3.8, 4) is 11.8 Å². The fourth-order valence-electron chi connectivity index (χ4n) is 2.03. The summed E-state index contributed by atoms with van der Waals surface area (Å²) in [6.07, 6.45) is 1.45. The summed E-state index contributed by atoms with van der Waals surface area (Å²) in [6.45, 7) is 2.34. The molecule has 0 radical (unpaired) electrons. The third kappa shape index (κ3) is 4.22. The van der Waals surface area contributed by atoms with E-state index in [0.717, 1.165) is 11.1 Å². The molecular weight excluding hydrogens is 276 g/mol. The van der Waals surface area contributed by atoms with Gasteiger partial charge in [0.05, 0.1) is 0 Å². The van der Waals surface area contributed by atoms with Gasteiger partial charge in [-0.05, 0) is 36.3 Å². The monoisotopic (exact) mass is 292 g/mol. The van der Waals surface area contributed by atoms with Crippen LogP contribution in [0.2, 0.25) is 0 Å². The van der Waals surface area contributed by atoms with Gasteiger partial charge < -0.3 is 10.4 Å². The summed E-state index contributed by atoms with van der Waals surface area (Å²) in [7, 11) is 0. The van der Waals surface area contributed by atoms with Crippen LogP contribution >= 0.6 is 0 Å². The Labute approximate surface area is 129 Å². The highest BCUT2D eigenvalue weighted by Gasteiger charge is 2.08. The largest absolute Gasteiger partial charge is 0.508 e. The third-order valence-corrected chi connectivity index (χ3v) is 3.08. The second-order valence-corrected chi connectivity index (χ2v) is 4.94. The van der Waals surface area contributed by atoms with E-state index >= 15 is 0 Å². The van der Waals surface area contributed by atoms with E-state index < -0.39 is 5.91 Å². The molecule has 0 saturated heterocycles. The van der Waals surface area contributed by atoms with E-state index in [9.17, 15) is 9.90 Å². The summed E-state index contributed by atoms with van der Waals surface area (Å²) in [5.74, 6) is -0.349. The van der Waals surface area contributed by atoms with Crippen LogP contribution in [0.4, 0.5) is 0 Å². The topological polar surface area (TPSA) is 73.1 Å². The zero-order valence-electron chi connectivity index (χ0n) is 12.2. The minimum Gasteiger partial charge on any atom is -0.508 e. The van der Waals surface area contributed by atoms with Gasteiger partial charge in [-0.15, -0.1) is 0 Å².